The molecule has 0 spiro atoms. The van der Waals surface area contributed by atoms with Gasteiger partial charge in [0.05, 0.1) is 23.7 Å². The summed E-state index contributed by atoms with van der Waals surface area (Å²) < 4.78 is 20.8. The van der Waals surface area contributed by atoms with Gasteiger partial charge in [0, 0.05) is 12.1 Å². The highest BCUT2D eigenvalue weighted by molar-refractivity contribution is 7.16. The number of amides is 1. The lowest BCUT2D eigenvalue weighted by Gasteiger charge is -2.04. The van der Waals surface area contributed by atoms with E-state index in [4.69, 9.17) is 4.74 Å². The number of fused-ring (bicyclic) bond motifs is 1. The van der Waals surface area contributed by atoms with Crippen molar-refractivity contribution in [3.63, 3.8) is 0 Å². The van der Waals surface area contributed by atoms with Crippen molar-refractivity contribution in [3.05, 3.63) is 64.2 Å². The van der Waals surface area contributed by atoms with Crippen LogP contribution in [0.5, 0.6) is 0 Å². The zero-order chi connectivity index (χ0) is 18.7. The van der Waals surface area contributed by atoms with Crippen LogP contribution in [0, 0.1) is 12.7 Å². The number of aryl methyl sites for hydroxylation is 2. The Balaban J connectivity index is 2.08. The minimum atomic E-state index is -0.528. The van der Waals surface area contributed by atoms with E-state index in [1.807, 2.05) is 29.7 Å². The van der Waals surface area contributed by atoms with Crippen LogP contribution in [0.4, 0.5) is 4.39 Å². The standard InChI is InChI=1S/C19H17FN2O3S/c1-12-6-7-15-16(10-12)26-19(22(15)9-8-17(23)25-2)21-18(24)13-4-3-5-14(20)11-13/h3-7,10-11H,8-9H2,1-2H3. The highest BCUT2D eigenvalue weighted by atomic mass is 32.1. The number of hydrogen-bond acceptors (Lipinski definition) is 4. The monoisotopic (exact) mass is 372 g/mol. The Bertz CT molecular complexity index is 1050. The van der Waals surface area contributed by atoms with E-state index >= 15 is 0 Å². The van der Waals surface area contributed by atoms with Gasteiger partial charge in [-0.3, -0.25) is 9.59 Å². The summed E-state index contributed by atoms with van der Waals surface area (Å²) in [7, 11) is 1.33. The number of carbonyl (C=O) groups is 2. The topological polar surface area (TPSA) is 60.7 Å². The Labute approximate surface area is 153 Å². The highest BCUT2D eigenvalue weighted by Gasteiger charge is 2.11. The van der Waals surface area contributed by atoms with Gasteiger partial charge in [-0.15, -0.1) is 0 Å². The molecule has 0 radical (unpaired) electrons. The predicted molar refractivity (Wildman–Crippen MR) is 97.5 cm³/mol. The Morgan fingerprint density at radius 1 is 1.23 bits per heavy atom. The number of carbonyl (C=O) groups excluding carboxylic acids is 2. The van der Waals surface area contributed by atoms with Crippen molar-refractivity contribution >= 4 is 33.4 Å². The second-order valence-electron chi connectivity index (χ2n) is 5.76. The van der Waals surface area contributed by atoms with Crippen LogP contribution in [0.25, 0.3) is 10.2 Å². The molecular formula is C19H17FN2O3S. The minimum absolute atomic E-state index is 0.164. The van der Waals surface area contributed by atoms with Crippen molar-refractivity contribution in [1.82, 2.24) is 4.57 Å². The van der Waals surface area contributed by atoms with Crippen molar-refractivity contribution in [1.29, 1.82) is 0 Å². The van der Waals surface area contributed by atoms with Crippen molar-refractivity contribution in [3.8, 4) is 0 Å². The molecule has 134 valence electrons. The zero-order valence-corrected chi connectivity index (χ0v) is 15.2. The van der Waals surface area contributed by atoms with Gasteiger partial charge in [-0.05, 0) is 42.8 Å². The number of ether oxygens (including phenoxy) is 1. The molecule has 1 heterocycles. The summed E-state index contributed by atoms with van der Waals surface area (Å²) in [4.78, 5) is 28.6. The van der Waals surface area contributed by atoms with E-state index in [9.17, 15) is 14.0 Å². The summed E-state index contributed by atoms with van der Waals surface area (Å²) in [6, 6.07) is 11.3. The maximum atomic E-state index is 13.4. The fourth-order valence-electron chi connectivity index (χ4n) is 2.56. The minimum Gasteiger partial charge on any atom is -0.469 e. The van der Waals surface area contributed by atoms with Gasteiger partial charge in [0.25, 0.3) is 5.91 Å². The number of thiazole rings is 1. The maximum absolute atomic E-state index is 13.4. The van der Waals surface area contributed by atoms with Gasteiger partial charge in [0.15, 0.2) is 4.80 Å². The Kier molecular flexibility index (Phi) is 5.27. The third kappa shape index (κ3) is 3.88. The highest BCUT2D eigenvalue weighted by Crippen LogP contribution is 2.19. The molecule has 5 nitrogen and oxygen atoms in total. The second-order valence-corrected chi connectivity index (χ2v) is 6.77. The van der Waals surface area contributed by atoms with Gasteiger partial charge in [-0.2, -0.15) is 4.99 Å². The van der Waals surface area contributed by atoms with Crippen LogP contribution < -0.4 is 4.80 Å². The Morgan fingerprint density at radius 2 is 2.04 bits per heavy atom. The SMILES string of the molecule is COC(=O)CCn1c(=NC(=O)c2cccc(F)c2)sc2cc(C)ccc21. The number of esters is 1. The van der Waals surface area contributed by atoms with E-state index in [2.05, 4.69) is 4.99 Å². The number of benzene rings is 2. The van der Waals surface area contributed by atoms with Gasteiger partial charge in [0.2, 0.25) is 0 Å². The Hall–Kier alpha value is -2.80. The third-order valence-electron chi connectivity index (χ3n) is 3.87. The number of aromatic nitrogens is 1. The van der Waals surface area contributed by atoms with Gasteiger partial charge in [-0.1, -0.05) is 23.5 Å². The van der Waals surface area contributed by atoms with Crippen LogP contribution in [0.3, 0.4) is 0 Å². The predicted octanol–water partition coefficient (Wildman–Crippen LogP) is 3.45. The number of halogens is 1. The largest absolute Gasteiger partial charge is 0.469 e. The van der Waals surface area contributed by atoms with Crippen molar-refractivity contribution in [2.24, 2.45) is 4.99 Å². The first kappa shape index (κ1) is 18.0. The maximum Gasteiger partial charge on any atom is 0.307 e. The molecule has 1 aromatic heterocycles. The van der Waals surface area contributed by atoms with Crippen LogP contribution in [0.15, 0.2) is 47.5 Å². The lowest BCUT2D eigenvalue weighted by Crippen LogP contribution is -2.19. The second kappa shape index (κ2) is 7.61. The molecule has 3 rings (SSSR count). The van der Waals surface area contributed by atoms with Crippen molar-refractivity contribution in [2.45, 2.75) is 19.9 Å². The van der Waals surface area contributed by atoms with Crippen LogP contribution in [-0.2, 0) is 16.1 Å². The van der Waals surface area contributed by atoms with E-state index in [1.165, 1.54) is 36.6 Å². The summed E-state index contributed by atoms with van der Waals surface area (Å²) in [6.45, 7) is 2.32. The molecule has 0 aliphatic carbocycles. The molecule has 0 N–H and O–H groups in total. The molecule has 0 atom stereocenters. The smallest absolute Gasteiger partial charge is 0.307 e. The van der Waals surface area contributed by atoms with E-state index < -0.39 is 11.7 Å². The van der Waals surface area contributed by atoms with E-state index in [0.717, 1.165) is 21.8 Å². The van der Waals surface area contributed by atoms with Crippen LogP contribution >= 0.6 is 11.3 Å². The molecule has 0 fully saturated rings. The van der Waals surface area contributed by atoms with E-state index in [1.54, 1.807) is 0 Å². The average Bonchev–Trinajstić information content (AvgIpc) is 2.95. The van der Waals surface area contributed by atoms with Crippen LogP contribution in [0.1, 0.15) is 22.3 Å². The van der Waals surface area contributed by atoms with E-state index in [0.29, 0.717) is 11.3 Å². The molecule has 0 saturated carbocycles. The van der Waals surface area contributed by atoms with Gasteiger partial charge in [0.1, 0.15) is 5.82 Å². The molecule has 0 aliphatic heterocycles. The molecule has 0 saturated heterocycles. The van der Waals surface area contributed by atoms with Gasteiger partial charge < -0.3 is 9.30 Å². The molecule has 0 bridgehead atoms. The molecule has 0 aliphatic rings. The lowest BCUT2D eigenvalue weighted by molar-refractivity contribution is -0.140. The number of hydrogen-bond donors (Lipinski definition) is 0. The van der Waals surface area contributed by atoms with Crippen molar-refractivity contribution < 1.29 is 18.7 Å². The lowest BCUT2D eigenvalue weighted by atomic mass is 10.2. The summed E-state index contributed by atoms with van der Waals surface area (Å²) in [6.07, 6.45) is 0.164. The molecule has 0 unspecified atom stereocenters. The first-order valence-corrected chi connectivity index (χ1v) is 8.81. The van der Waals surface area contributed by atoms with E-state index in [-0.39, 0.29) is 18.0 Å². The van der Waals surface area contributed by atoms with Crippen LogP contribution in [0.2, 0.25) is 0 Å². The fraction of sp³-hybridized carbons (Fsp3) is 0.211. The third-order valence-corrected chi connectivity index (χ3v) is 4.92. The van der Waals surface area contributed by atoms with Gasteiger partial charge in [-0.25, -0.2) is 4.39 Å². The summed E-state index contributed by atoms with van der Waals surface area (Å²) in [5.74, 6) is -1.36. The molecule has 7 heteroatoms. The summed E-state index contributed by atoms with van der Waals surface area (Å²) in [5, 5.41) is 0. The number of rotatable bonds is 4. The summed E-state index contributed by atoms with van der Waals surface area (Å²) in [5.41, 5.74) is 2.15. The summed E-state index contributed by atoms with van der Waals surface area (Å²) >= 11 is 1.35. The van der Waals surface area contributed by atoms with Crippen molar-refractivity contribution in [2.75, 3.05) is 7.11 Å². The number of nitrogens with zero attached hydrogens (tertiary/aromatic N) is 2. The zero-order valence-electron chi connectivity index (χ0n) is 14.4. The fourth-order valence-corrected chi connectivity index (χ4v) is 3.71. The molecule has 3 aromatic rings. The molecule has 2 aromatic carbocycles. The van der Waals surface area contributed by atoms with Crippen LogP contribution in [-0.4, -0.2) is 23.6 Å². The van der Waals surface area contributed by atoms with Gasteiger partial charge >= 0.3 is 5.97 Å². The molecule has 1 amide bonds. The number of methoxy groups -OCH3 is 1. The normalized spacial score (nSPS) is 11.7. The first-order valence-electron chi connectivity index (χ1n) is 7.99. The molecule has 26 heavy (non-hydrogen) atoms. The average molecular weight is 372 g/mol. The molecular weight excluding hydrogens is 355 g/mol. The first-order chi connectivity index (χ1) is 12.5. The quantitative estimate of drug-likeness (QED) is 0.659. The Morgan fingerprint density at radius 3 is 2.77 bits per heavy atom.